The van der Waals surface area contributed by atoms with E-state index in [1.54, 1.807) is 36.4 Å². The van der Waals surface area contributed by atoms with E-state index in [0.717, 1.165) is 42.9 Å². The van der Waals surface area contributed by atoms with Gasteiger partial charge in [-0.3, -0.25) is 43.2 Å². The Morgan fingerprint density at radius 3 is 1.65 bits per heavy atom. The molecule has 81 heavy (non-hydrogen) atoms. The highest BCUT2D eigenvalue weighted by Crippen LogP contribution is 2.18. The highest BCUT2D eigenvalue weighted by molar-refractivity contribution is 5.98. The number of aliphatic hydroxyl groups excluding tert-OH is 1. The molecule has 0 radical (unpaired) electrons. The highest BCUT2D eigenvalue weighted by atomic mass is 16.3. The van der Waals surface area contributed by atoms with Crippen LogP contribution in [0.5, 0.6) is 0 Å². The maximum Gasteiger partial charge on any atom is 0.243 e. The zero-order valence-electron chi connectivity index (χ0n) is 47.3. The number of fused-ring (bicyclic) bond motifs is 1. The molecule has 1 aliphatic rings. The van der Waals surface area contributed by atoms with Gasteiger partial charge in [-0.1, -0.05) is 126 Å². The summed E-state index contributed by atoms with van der Waals surface area (Å²) < 4.78 is 0. The molecule has 3 aromatic carbocycles. The van der Waals surface area contributed by atoms with Gasteiger partial charge in [0.05, 0.1) is 12.5 Å². The van der Waals surface area contributed by atoms with E-state index < -0.39 is 108 Å². The zero-order valence-corrected chi connectivity index (χ0v) is 47.3. The minimum Gasteiger partial charge on any atom is -0.393 e. The molecule has 18 N–H and O–H groups in total. The van der Waals surface area contributed by atoms with Crippen LogP contribution < -0.4 is 70.8 Å². The largest absolute Gasteiger partial charge is 0.393 e. The van der Waals surface area contributed by atoms with E-state index in [2.05, 4.69) is 54.8 Å². The molecule has 0 aliphatic carbocycles. The van der Waals surface area contributed by atoms with E-state index >= 15 is 0 Å². The van der Waals surface area contributed by atoms with Gasteiger partial charge in [0, 0.05) is 19.4 Å². The van der Waals surface area contributed by atoms with Crippen LogP contribution in [0.3, 0.4) is 0 Å². The summed E-state index contributed by atoms with van der Waals surface area (Å²) in [6, 6.07) is 11.2. The van der Waals surface area contributed by atoms with E-state index in [1.807, 2.05) is 50.2 Å². The fourth-order valence-electron chi connectivity index (χ4n) is 9.51. The summed E-state index contributed by atoms with van der Waals surface area (Å²) in [7, 11) is 0. The second-order valence-electron chi connectivity index (χ2n) is 21.2. The molecule has 1 aliphatic heterocycles. The van der Waals surface area contributed by atoms with Gasteiger partial charge in [-0.2, -0.15) is 0 Å². The number of hydrogen-bond acceptors (Lipinski definition) is 14. The van der Waals surface area contributed by atoms with Gasteiger partial charge < -0.3 is 75.9 Å². The Bertz CT molecular complexity index is 2520. The normalized spacial score (nSPS) is 22.0. The van der Waals surface area contributed by atoms with Crippen LogP contribution in [-0.4, -0.2) is 145 Å². The van der Waals surface area contributed by atoms with Crippen molar-refractivity contribution < 1.29 is 48.3 Å². The summed E-state index contributed by atoms with van der Waals surface area (Å²) in [5, 5.41) is 36.9. The molecule has 0 spiro atoms. The molecule has 23 nitrogen and oxygen atoms in total. The quantitative estimate of drug-likeness (QED) is 0.0480. The van der Waals surface area contributed by atoms with Crippen molar-refractivity contribution in [1.29, 1.82) is 0 Å². The number of aliphatic hydroxyl groups is 1. The van der Waals surface area contributed by atoms with Crippen LogP contribution in [0, 0.1) is 5.92 Å². The summed E-state index contributed by atoms with van der Waals surface area (Å²) in [6.45, 7) is 5.13. The number of carbonyl (C=O) groups is 9. The van der Waals surface area contributed by atoms with E-state index in [0.29, 0.717) is 17.5 Å². The Morgan fingerprint density at radius 2 is 1.07 bits per heavy atom. The molecule has 1 heterocycles. The highest BCUT2D eigenvalue weighted by Gasteiger charge is 2.36. The van der Waals surface area contributed by atoms with Crippen LogP contribution in [0.15, 0.2) is 72.8 Å². The maximum absolute atomic E-state index is 14.6. The van der Waals surface area contributed by atoms with Gasteiger partial charge in [0.25, 0.3) is 0 Å². The average molecular weight is 1130 g/mol. The third-order valence-electron chi connectivity index (χ3n) is 13.9. The maximum atomic E-state index is 14.6. The third kappa shape index (κ3) is 23.1. The van der Waals surface area contributed by atoms with Crippen LogP contribution >= 0.6 is 0 Å². The molecular weight excluding hydrogens is 1040 g/mol. The van der Waals surface area contributed by atoms with E-state index in [-0.39, 0.29) is 96.4 Å². The number of nitrogens with two attached hydrogens (primary N) is 4. The molecule has 23 heteroatoms. The van der Waals surface area contributed by atoms with E-state index in [1.165, 1.54) is 0 Å². The number of nitrogens with one attached hydrogen (secondary N) is 9. The van der Waals surface area contributed by atoms with Crippen LogP contribution in [0.25, 0.3) is 10.8 Å². The van der Waals surface area contributed by atoms with Crippen LogP contribution in [0.1, 0.15) is 115 Å². The number of unbranched alkanes of at least 4 members (excludes halogenated alkanes) is 4. The lowest BCUT2D eigenvalue weighted by Crippen LogP contribution is -2.61. The van der Waals surface area contributed by atoms with Crippen LogP contribution in [0.4, 0.5) is 0 Å². The van der Waals surface area contributed by atoms with Crippen molar-refractivity contribution in [2.75, 3.05) is 32.7 Å². The molecule has 0 aromatic heterocycles. The van der Waals surface area contributed by atoms with Gasteiger partial charge in [-0.25, -0.2) is 0 Å². The Hall–Kier alpha value is -7.05. The van der Waals surface area contributed by atoms with Crippen LogP contribution in [0.2, 0.25) is 0 Å². The Balaban J connectivity index is 1.78. The summed E-state index contributed by atoms with van der Waals surface area (Å²) >= 11 is 0. The number of benzene rings is 3. The first-order valence-corrected chi connectivity index (χ1v) is 28.6. The zero-order chi connectivity index (χ0) is 59.3. The molecule has 0 unspecified atom stereocenters. The third-order valence-corrected chi connectivity index (χ3v) is 13.9. The minimum absolute atomic E-state index is 0.0453. The first-order valence-electron chi connectivity index (χ1n) is 28.6. The standard InChI is InChI=1S/C58H89N13O10/c1-4-5-6-7-11-18-41(72)35-50(73)64-42(21-26-59)52(75)68-46-25-30-63-51(74)48(34-38-19-20-39-16-12-13-17-40(39)32-38)70-54(77)44(23-28-61)65-53(76)43(22-27-60)67-57(80)47(31-36(2)3)69-58(81)49(33-37-14-9-8-10-15-37)71-55(78)45(24-29-62)66-56(46)79/h8-10,12-17,19-20,32,36,41-49,72H,4-7,11,18,21-31,33-35,59-62H2,1-3H3,(H,63,74)(H,64,73)(H,65,76)(H,66,79)(H,67,80)(H,68,75)(H,69,81)(H,70,77)(H,71,78)/t41-,42-,43+,44+,45+,46+,47+,48+,49-/m1/s1. The van der Waals surface area contributed by atoms with Gasteiger partial charge in [0.2, 0.25) is 53.2 Å². The molecule has 3 aromatic rings. The Kier molecular flexibility index (Phi) is 29.2. The number of hydrogen-bond donors (Lipinski definition) is 14. The topological polar surface area (TPSA) is 386 Å². The molecule has 1 saturated heterocycles. The molecular formula is C58H89N13O10. The van der Waals surface area contributed by atoms with Crippen molar-refractivity contribution >= 4 is 63.9 Å². The lowest BCUT2D eigenvalue weighted by atomic mass is 10.00. The first kappa shape index (κ1) is 66.5. The number of rotatable bonds is 25. The molecule has 446 valence electrons. The predicted molar refractivity (Wildman–Crippen MR) is 309 cm³/mol. The lowest BCUT2D eigenvalue weighted by molar-refractivity contribution is -0.136. The van der Waals surface area contributed by atoms with Gasteiger partial charge in [-0.05, 0) is 98.9 Å². The number of carbonyl (C=O) groups excluding carboxylic acids is 9. The van der Waals surface area contributed by atoms with Gasteiger partial charge >= 0.3 is 0 Å². The predicted octanol–water partition coefficient (Wildman–Crippen LogP) is -0.424. The number of amides is 9. The summed E-state index contributed by atoms with van der Waals surface area (Å²) in [5.74, 6) is -7.13. The molecule has 9 atom stereocenters. The lowest BCUT2D eigenvalue weighted by Gasteiger charge is -2.28. The summed E-state index contributed by atoms with van der Waals surface area (Å²) in [4.78, 5) is 128. The Labute approximate surface area is 475 Å². The monoisotopic (exact) mass is 1130 g/mol. The smallest absolute Gasteiger partial charge is 0.243 e. The van der Waals surface area contributed by atoms with Gasteiger partial charge in [0.1, 0.15) is 48.3 Å². The molecule has 4 rings (SSSR count). The Morgan fingerprint density at radius 1 is 0.568 bits per heavy atom. The fourth-order valence-corrected chi connectivity index (χ4v) is 9.51. The molecule has 0 saturated carbocycles. The van der Waals surface area contributed by atoms with Gasteiger partial charge in [-0.15, -0.1) is 0 Å². The van der Waals surface area contributed by atoms with Crippen molar-refractivity contribution in [3.63, 3.8) is 0 Å². The van der Waals surface area contributed by atoms with E-state index in [4.69, 9.17) is 22.9 Å². The summed E-state index contributed by atoms with van der Waals surface area (Å²) in [5.41, 5.74) is 25.1. The summed E-state index contributed by atoms with van der Waals surface area (Å²) in [6.07, 6.45) is 3.19. The van der Waals surface area contributed by atoms with E-state index in [9.17, 15) is 48.3 Å². The van der Waals surface area contributed by atoms with Crippen molar-refractivity contribution in [2.24, 2.45) is 28.9 Å². The molecule has 1 fully saturated rings. The van der Waals surface area contributed by atoms with Crippen molar-refractivity contribution in [3.8, 4) is 0 Å². The van der Waals surface area contributed by atoms with Gasteiger partial charge in [0.15, 0.2) is 0 Å². The average Bonchev–Trinajstić information content (AvgIpc) is 3.43. The van der Waals surface area contributed by atoms with Crippen molar-refractivity contribution in [1.82, 2.24) is 47.9 Å². The molecule has 0 bridgehead atoms. The second-order valence-corrected chi connectivity index (χ2v) is 21.2. The van der Waals surface area contributed by atoms with Crippen molar-refractivity contribution in [3.05, 3.63) is 83.9 Å². The molecule has 9 amide bonds. The SMILES string of the molecule is CCCCCCC[C@@H](O)CC(=O)N[C@H](CCN)C(=O)N[C@H]1CCNC(=O)[C@H](Cc2ccc3ccccc3c2)NC(=O)[C@H](CCN)NC(=O)[C@H](CCN)NC(=O)[C@H](CC(C)C)NC(=O)[C@@H](Cc2ccccc2)NC(=O)[C@H](CCN)NC1=O. The fraction of sp³-hybridized carbons (Fsp3) is 0.569. The van der Waals surface area contributed by atoms with Crippen LogP contribution in [-0.2, 0) is 56.0 Å². The van der Waals surface area contributed by atoms with Crippen molar-refractivity contribution in [2.45, 2.75) is 172 Å². The second kappa shape index (κ2) is 35.6. The minimum atomic E-state index is -1.50. The first-order chi connectivity index (χ1) is 38.9.